The number of aromatic carboxylic acids is 1. The van der Waals surface area contributed by atoms with Gasteiger partial charge in [-0.2, -0.15) is 0 Å². The van der Waals surface area contributed by atoms with E-state index in [0.717, 1.165) is 25.7 Å². The fourth-order valence-corrected chi connectivity index (χ4v) is 2.29. The van der Waals surface area contributed by atoms with Gasteiger partial charge in [0.25, 0.3) is 0 Å². The van der Waals surface area contributed by atoms with Crippen molar-refractivity contribution in [1.82, 2.24) is 5.16 Å². The molecule has 82 valence electrons. The van der Waals surface area contributed by atoms with Crippen LogP contribution in [0.4, 0.5) is 0 Å². The molecule has 1 fully saturated rings. The first-order chi connectivity index (χ1) is 7.24. The van der Waals surface area contributed by atoms with Crippen LogP contribution in [0.5, 0.6) is 0 Å². The Labute approximate surface area is 88.3 Å². The molecule has 15 heavy (non-hydrogen) atoms. The number of carboxylic acid groups (broad SMARTS) is 1. The third-order valence-corrected chi connectivity index (χ3v) is 3.07. The zero-order valence-electron chi connectivity index (χ0n) is 8.82. The minimum absolute atomic E-state index is 0.292. The van der Waals surface area contributed by atoms with Crippen LogP contribution < -0.4 is 0 Å². The molecule has 0 amide bonds. The Morgan fingerprint density at radius 3 is 2.73 bits per heavy atom. The summed E-state index contributed by atoms with van der Waals surface area (Å²) in [4.78, 5) is 11.1. The molecule has 0 saturated heterocycles. The van der Waals surface area contributed by atoms with Crippen LogP contribution in [0, 0.1) is 0 Å². The van der Waals surface area contributed by atoms with E-state index >= 15 is 0 Å². The van der Waals surface area contributed by atoms with Crippen LogP contribution in [0.2, 0.25) is 0 Å². The highest BCUT2D eigenvalue weighted by atomic mass is 16.5. The number of carbonyl (C=O) groups is 1. The molecule has 1 heterocycles. The van der Waals surface area contributed by atoms with Crippen molar-refractivity contribution in [1.29, 1.82) is 0 Å². The van der Waals surface area contributed by atoms with Gasteiger partial charge in [0, 0.05) is 12.3 Å². The summed E-state index contributed by atoms with van der Waals surface area (Å²) in [6.45, 7) is 1.88. The van der Waals surface area contributed by atoms with Crippen molar-refractivity contribution < 1.29 is 14.4 Å². The van der Waals surface area contributed by atoms with Crippen LogP contribution >= 0.6 is 0 Å². The number of rotatable bonds is 3. The molecule has 0 aliphatic heterocycles. The van der Waals surface area contributed by atoms with E-state index in [1.807, 2.05) is 6.92 Å². The predicted octanol–water partition coefficient (Wildman–Crippen LogP) is 2.59. The van der Waals surface area contributed by atoms with Crippen LogP contribution in [0.1, 0.15) is 60.3 Å². The van der Waals surface area contributed by atoms with E-state index in [2.05, 4.69) is 5.16 Å². The second-order valence-electron chi connectivity index (χ2n) is 4.01. The maximum absolute atomic E-state index is 11.1. The van der Waals surface area contributed by atoms with Crippen molar-refractivity contribution in [3.63, 3.8) is 0 Å². The van der Waals surface area contributed by atoms with Gasteiger partial charge >= 0.3 is 5.97 Å². The van der Waals surface area contributed by atoms with Crippen molar-refractivity contribution in [3.8, 4) is 0 Å². The average Bonchev–Trinajstić information content (AvgIpc) is 2.85. The standard InChI is InChI=1S/C11H15NO3/c1-2-8-9(11(13)14)10(12-15-8)7-5-3-4-6-7/h7H,2-6H2,1H3,(H,13,14). The number of aromatic nitrogens is 1. The highest BCUT2D eigenvalue weighted by molar-refractivity contribution is 5.90. The monoisotopic (exact) mass is 209 g/mol. The van der Waals surface area contributed by atoms with E-state index in [-0.39, 0.29) is 0 Å². The summed E-state index contributed by atoms with van der Waals surface area (Å²) < 4.78 is 5.09. The summed E-state index contributed by atoms with van der Waals surface area (Å²) >= 11 is 0. The number of hydrogen-bond donors (Lipinski definition) is 1. The van der Waals surface area contributed by atoms with Gasteiger partial charge in [0.1, 0.15) is 11.3 Å². The number of aryl methyl sites for hydroxylation is 1. The van der Waals surface area contributed by atoms with Crippen LogP contribution in [0.25, 0.3) is 0 Å². The lowest BCUT2D eigenvalue weighted by atomic mass is 9.98. The lowest BCUT2D eigenvalue weighted by molar-refractivity contribution is 0.0693. The van der Waals surface area contributed by atoms with Gasteiger partial charge in [-0.3, -0.25) is 0 Å². The van der Waals surface area contributed by atoms with E-state index in [9.17, 15) is 4.79 Å². The molecule has 0 radical (unpaired) electrons. The van der Waals surface area contributed by atoms with E-state index in [1.165, 1.54) is 0 Å². The summed E-state index contributed by atoms with van der Waals surface area (Å²) in [7, 11) is 0. The second kappa shape index (κ2) is 4.04. The number of hydrogen-bond acceptors (Lipinski definition) is 3. The quantitative estimate of drug-likeness (QED) is 0.831. The Balaban J connectivity index is 2.37. The molecule has 1 aromatic heterocycles. The van der Waals surface area contributed by atoms with Crippen molar-refractivity contribution in [2.75, 3.05) is 0 Å². The lowest BCUT2D eigenvalue weighted by Crippen LogP contribution is -2.05. The number of carboxylic acids is 1. The molecule has 1 saturated carbocycles. The zero-order chi connectivity index (χ0) is 10.8. The van der Waals surface area contributed by atoms with Gasteiger partial charge in [0.05, 0.1) is 0 Å². The highest BCUT2D eigenvalue weighted by Crippen LogP contribution is 2.36. The molecule has 0 aromatic carbocycles. The molecule has 2 rings (SSSR count). The van der Waals surface area contributed by atoms with Crippen molar-refractivity contribution in [3.05, 3.63) is 17.0 Å². The Bertz CT molecular complexity index is 364. The first-order valence-electron chi connectivity index (χ1n) is 5.45. The predicted molar refractivity (Wildman–Crippen MR) is 54.0 cm³/mol. The molecule has 4 nitrogen and oxygen atoms in total. The Morgan fingerprint density at radius 1 is 1.53 bits per heavy atom. The molecular weight excluding hydrogens is 194 g/mol. The third-order valence-electron chi connectivity index (χ3n) is 3.07. The number of nitrogens with zero attached hydrogens (tertiary/aromatic N) is 1. The SMILES string of the molecule is CCc1onc(C2CCCC2)c1C(=O)O. The van der Waals surface area contributed by atoms with Gasteiger partial charge in [-0.15, -0.1) is 0 Å². The van der Waals surface area contributed by atoms with Crippen molar-refractivity contribution in [2.45, 2.75) is 44.9 Å². The van der Waals surface area contributed by atoms with Crippen LogP contribution in [-0.4, -0.2) is 16.2 Å². The van der Waals surface area contributed by atoms with Gasteiger partial charge in [0.2, 0.25) is 0 Å². The fourth-order valence-electron chi connectivity index (χ4n) is 2.29. The summed E-state index contributed by atoms with van der Waals surface area (Å²) in [5, 5.41) is 13.1. The first-order valence-corrected chi connectivity index (χ1v) is 5.45. The summed E-state index contributed by atoms with van der Waals surface area (Å²) in [5.41, 5.74) is 0.973. The molecule has 0 spiro atoms. The Kier molecular flexibility index (Phi) is 2.75. The van der Waals surface area contributed by atoms with Gasteiger partial charge in [0.15, 0.2) is 5.76 Å². The van der Waals surface area contributed by atoms with Crippen molar-refractivity contribution >= 4 is 5.97 Å². The van der Waals surface area contributed by atoms with E-state index < -0.39 is 5.97 Å². The molecule has 0 unspecified atom stereocenters. The minimum Gasteiger partial charge on any atom is -0.477 e. The summed E-state index contributed by atoms with van der Waals surface area (Å²) in [5.74, 6) is -0.112. The topological polar surface area (TPSA) is 63.3 Å². The smallest absolute Gasteiger partial charge is 0.341 e. The minimum atomic E-state index is -0.907. The normalized spacial score (nSPS) is 17.1. The molecule has 1 aliphatic rings. The Hall–Kier alpha value is -1.32. The van der Waals surface area contributed by atoms with Crippen LogP contribution in [0.3, 0.4) is 0 Å². The molecule has 1 aliphatic carbocycles. The molecule has 1 N–H and O–H groups in total. The zero-order valence-corrected chi connectivity index (χ0v) is 8.82. The molecule has 4 heteroatoms. The molecule has 0 bridgehead atoms. The van der Waals surface area contributed by atoms with Crippen molar-refractivity contribution in [2.24, 2.45) is 0 Å². The van der Waals surface area contributed by atoms with E-state index in [0.29, 0.717) is 29.4 Å². The molecule has 0 atom stereocenters. The molecule has 1 aromatic rings. The fraction of sp³-hybridized carbons (Fsp3) is 0.636. The van der Waals surface area contributed by atoms with E-state index in [4.69, 9.17) is 9.63 Å². The van der Waals surface area contributed by atoms with Crippen LogP contribution in [0.15, 0.2) is 4.52 Å². The third kappa shape index (κ3) is 1.76. The summed E-state index contributed by atoms with van der Waals surface area (Å²) in [6, 6.07) is 0. The molecular formula is C11H15NO3. The van der Waals surface area contributed by atoms with Gasteiger partial charge in [-0.25, -0.2) is 4.79 Å². The Morgan fingerprint density at radius 2 is 2.20 bits per heavy atom. The van der Waals surface area contributed by atoms with Crippen LogP contribution in [-0.2, 0) is 6.42 Å². The highest BCUT2D eigenvalue weighted by Gasteiger charge is 2.29. The first kappa shape index (κ1) is 10.2. The average molecular weight is 209 g/mol. The summed E-state index contributed by atoms with van der Waals surface area (Å²) in [6.07, 6.45) is 4.99. The van der Waals surface area contributed by atoms with Gasteiger partial charge in [-0.1, -0.05) is 24.9 Å². The lowest BCUT2D eigenvalue weighted by Gasteiger charge is -2.04. The van der Waals surface area contributed by atoms with Gasteiger partial charge < -0.3 is 9.63 Å². The van der Waals surface area contributed by atoms with Gasteiger partial charge in [-0.05, 0) is 12.8 Å². The maximum Gasteiger partial charge on any atom is 0.341 e. The second-order valence-corrected chi connectivity index (χ2v) is 4.01. The largest absolute Gasteiger partial charge is 0.477 e. The van der Waals surface area contributed by atoms with E-state index in [1.54, 1.807) is 0 Å². The maximum atomic E-state index is 11.1.